The quantitative estimate of drug-likeness (QED) is 0.868. The fourth-order valence-corrected chi connectivity index (χ4v) is 2.18. The van der Waals surface area contributed by atoms with E-state index in [0.717, 1.165) is 22.3 Å². The maximum atomic E-state index is 10.3. The minimum atomic E-state index is -0.896. The summed E-state index contributed by atoms with van der Waals surface area (Å²) in [6.07, 6.45) is -1.79. The third-order valence-corrected chi connectivity index (χ3v) is 3.31. The van der Waals surface area contributed by atoms with Gasteiger partial charge in [0.15, 0.2) is 0 Å². The number of hydrogen-bond acceptors (Lipinski definition) is 2. The largest absolute Gasteiger partial charge is 0.385 e. The van der Waals surface area contributed by atoms with Gasteiger partial charge in [0.1, 0.15) is 12.2 Å². The highest BCUT2D eigenvalue weighted by molar-refractivity contribution is 5.33. The molecule has 2 atom stereocenters. The Balaban J connectivity index is 2.33. The summed E-state index contributed by atoms with van der Waals surface area (Å²) in [5, 5.41) is 20.6. The Hall–Kier alpha value is -1.64. The number of hydrogen-bond donors (Lipinski definition) is 2. The number of aliphatic hydroxyl groups is 2. The molecule has 2 unspecified atom stereocenters. The van der Waals surface area contributed by atoms with Gasteiger partial charge in [-0.2, -0.15) is 0 Å². The van der Waals surface area contributed by atoms with E-state index in [9.17, 15) is 10.2 Å². The fraction of sp³-hybridized carbons (Fsp3) is 0.250. The lowest BCUT2D eigenvalue weighted by Gasteiger charge is -2.21. The summed E-state index contributed by atoms with van der Waals surface area (Å²) in [6, 6.07) is 15.2. The van der Waals surface area contributed by atoms with Crippen molar-refractivity contribution in [3.8, 4) is 0 Å². The van der Waals surface area contributed by atoms with E-state index < -0.39 is 12.2 Å². The minimum absolute atomic E-state index is 0.772. The molecule has 2 nitrogen and oxygen atoms in total. The lowest BCUT2D eigenvalue weighted by Crippen LogP contribution is -2.12. The molecule has 2 N–H and O–H groups in total. The first kappa shape index (κ1) is 12.8. The average Bonchev–Trinajstić information content (AvgIpc) is 2.38. The lowest BCUT2D eigenvalue weighted by molar-refractivity contribution is 0.0165. The van der Waals surface area contributed by atoms with E-state index in [1.54, 1.807) is 0 Å². The van der Waals surface area contributed by atoms with Crippen molar-refractivity contribution in [3.05, 3.63) is 70.8 Å². The molecule has 2 heteroatoms. The standard InChI is InChI=1S/C16H18O2/c1-11-7-3-5-9-13(11)15(17)16(18)14-10-6-4-8-12(14)2/h3-10,15-18H,1-2H3. The SMILES string of the molecule is Cc1ccccc1C(O)C(O)c1ccccc1C. The molecule has 0 aliphatic carbocycles. The van der Waals surface area contributed by atoms with Crippen LogP contribution in [-0.4, -0.2) is 10.2 Å². The highest BCUT2D eigenvalue weighted by Crippen LogP contribution is 2.31. The van der Waals surface area contributed by atoms with E-state index in [-0.39, 0.29) is 0 Å². The van der Waals surface area contributed by atoms with Crippen LogP contribution in [0.4, 0.5) is 0 Å². The smallest absolute Gasteiger partial charge is 0.109 e. The summed E-state index contributed by atoms with van der Waals surface area (Å²) in [5.74, 6) is 0. The molecule has 2 aromatic rings. The zero-order valence-corrected chi connectivity index (χ0v) is 10.7. The second-order valence-electron chi connectivity index (χ2n) is 4.60. The van der Waals surface area contributed by atoms with Gasteiger partial charge in [-0.05, 0) is 36.1 Å². The zero-order chi connectivity index (χ0) is 13.1. The van der Waals surface area contributed by atoms with Gasteiger partial charge in [0.25, 0.3) is 0 Å². The van der Waals surface area contributed by atoms with E-state index >= 15 is 0 Å². The van der Waals surface area contributed by atoms with Crippen molar-refractivity contribution in [2.24, 2.45) is 0 Å². The van der Waals surface area contributed by atoms with Gasteiger partial charge >= 0.3 is 0 Å². The van der Waals surface area contributed by atoms with Crippen LogP contribution in [0.1, 0.15) is 34.5 Å². The van der Waals surface area contributed by atoms with Gasteiger partial charge in [-0.15, -0.1) is 0 Å². The molecule has 0 saturated carbocycles. The summed E-state index contributed by atoms with van der Waals surface area (Å²) in [7, 11) is 0. The van der Waals surface area contributed by atoms with Gasteiger partial charge in [0, 0.05) is 0 Å². The fourth-order valence-electron chi connectivity index (χ4n) is 2.18. The van der Waals surface area contributed by atoms with Gasteiger partial charge in [0.2, 0.25) is 0 Å². The molecular formula is C16H18O2. The van der Waals surface area contributed by atoms with Crippen LogP contribution in [-0.2, 0) is 0 Å². The molecule has 0 spiro atoms. The maximum Gasteiger partial charge on any atom is 0.109 e. The Labute approximate surface area is 108 Å². The highest BCUT2D eigenvalue weighted by atomic mass is 16.3. The molecule has 0 aliphatic rings. The van der Waals surface area contributed by atoms with E-state index in [2.05, 4.69) is 0 Å². The highest BCUT2D eigenvalue weighted by Gasteiger charge is 2.22. The van der Waals surface area contributed by atoms with Crippen LogP contribution < -0.4 is 0 Å². The van der Waals surface area contributed by atoms with Gasteiger partial charge < -0.3 is 10.2 Å². The molecule has 0 radical (unpaired) electrons. The first-order chi connectivity index (χ1) is 8.61. The van der Waals surface area contributed by atoms with Crippen LogP contribution in [0.2, 0.25) is 0 Å². The lowest BCUT2D eigenvalue weighted by atomic mass is 9.93. The van der Waals surface area contributed by atoms with Crippen molar-refractivity contribution in [2.45, 2.75) is 26.1 Å². The molecule has 0 fully saturated rings. The summed E-state index contributed by atoms with van der Waals surface area (Å²) in [5.41, 5.74) is 3.51. The minimum Gasteiger partial charge on any atom is -0.385 e. The van der Waals surface area contributed by atoms with E-state index in [1.165, 1.54) is 0 Å². The Morgan fingerprint density at radius 3 is 1.33 bits per heavy atom. The van der Waals surface area contributed by atoms with Crippen LogP contribution in [0, 0.1) is 13.8 Å². The van der Waals surface area contributed by atoms with Crippen LogP contribution in [0.5, 0.6) is 0 Å². The van der Waals surface area contributed by atoms with Crippen molar-refractivity contribution in [1.82, 2.24) is 0 Å². The van der Waals surface area contributed by atoms with E-state index in [0.29, 0.717) is 0 Å². The van der Waals surface area contributed by atoms with Crippen LogP contribution in [0.15, 0.2) is 48.5 Å². The van der Waals surface area contributed by atoms with Crippen LogP contribution in [0.3, 0.4) is 0 Å². The molecule has 0 heterocycles. The molecule has 94 valence electrons. The van der Waals surface area contributed by atoms with Crippen molar-refractivity contribution in [2.75, 3.05) is 0 Å². The predicted molar refractivity (Wildman–Crippen MR) is 72.3 cm³/mol. The summed E-state index contributed by atoms with van der Waals surface area (Å²) < 4.78 is 0. The second-order valence-corrected chi connectivity index (χ2v) is 4.60. The van der Waals surface area contributed by atoms with E-state index in [1.807, 2.05) is 62.4 Å². The monoisotopic (exact) mass is 242 g/mol. The molecule has 0 aromatic heterocycles. The molecular weight excluding hydrogens is 224 g/mol. The van der Waals surface area contributed by atoms with Crippen molar-refractivity contribution < 1.29 is 10.2 Å². The molecule has 0 amide bonds. The molecule has 0 aliphatic heterocycles. The van der Waals surface area contributed by atoms with Crippen molar-refractivity contribution >= 4 is 0 Å². The van der Waals surface area contributed by atoms with Crippen molar-refractivity contribution in [1.29, 1.82) is 0 Å². The third-order valence-electron chi connectivity index (χ3n) is 3.31. The first-order valence-corrected chi connectivity index (χ1v) is 6.08. The van der Waals surface area contributed by atoms with Crippen LogP contribution in [0.25, 0.3) is 0 Å². The first-order valence-electron chi connectivity index (χ1n) is 6.08. The zero-order valence-electron chi connectivity index (χ0n) is 10.7. The molecule has 2 rings (SSSR count). The van der Waals surface area contributed by atoms with E-state index in [4.69, 9.17) is 0 Å². The van der Waals surface area contributed by atoms with Crippen LogP contribution >= 0.6 is 0 Å². The summed E-state index contributed by atoms with van der Waals surface area (Å²) >= 11 is 0. The number of rotatable bonds is 3. The number of benzene rings is 2. The topological polar surface area (TPSA) is 40.5 Å². The third kappa shape index (κ3) is 2.45. The van der Waals surface area contributed by atoms with Crippen molar-refractivity contribution in [3.63, 3.8) is 0 Å². The number of aryl methyl sites for hydroxylation is 2. The molecule has 0 saturated heterocycles. The normalized spacial score (nSPS) is 14.2. The Bertz CT molecular complexity index is 485. The van der Waals surface area contributed by atoms with Gasteiger partial charge in [-0.25, -0.2) is 0 Å². The average molecular weight is 242 g/mol. The Kier molecular flexibility index (Phi) is 3.80. The van der Waals surface area contributed by atoms with Gasteiger partial charge in [-0.1, -0.05) is 48.5 Å². The maximum absolute atomic E-state index is 10.3. The Morgan fingerprint density at radius 2 is 1.00 bits per heavy atom. The van der Waals surface area contributed by atoms with Gasteiger partial charge in [-0.3, -0.25) is 0 Å². The molecule has 2 aromatic carbocycles. The molecule has 18 heavy (non-hydrogen) atoms. The second kappa shape index (κ2) is 5.34. The number of aliphatic hydroxyl groups excluding tert-OH is 2. The summed E-state index contributed by atoms with van der Waals surface area (Å²) in [6.45, 7) is 3.87. The van der Waals surface area contributed by atoms with Gasteiger partial charge in [0.05, 0.1) is 0 Å². The predicted octanol–water partition coefficient (Wildman–Crippen LogP) is 3.07. The molecule has 0 bridgehead atoms. The Morgan fingerprint density at radius 1 is 0.667 bits per heavy atom. The summed E-state index contributed by atoms with van der Waals surface area (Å²) in [4.78, 5) is 0.